The number of halogens is 13. The van der Waals surface area contributed by atoms with Crippen LogP contribution in [0.3, 0.4) is 0 Å². The molecule has 2 rings (SSSR count). The van der Waals surface area contributed by atoms with Crippen LogP contribution in [0.2, 0.25) is 0 Å². The minimum atomic E-state index is -8.01. The first-order valence-corrected chi connectivity index (χ1v) is 8.05. The Labute approximate surface area is 169 Å². The van der Waals surface area contributed by atoms with Gasteiger partial charge in [0, 0.05) is 0 Å². The Kier molecular flexibility index (Phi) is 6.22. The number of carbonyl (C=O) groups is 1. The molecule has 16 heteroatoms. The Morgan fingerprint density at radius 1 is 0.750 bits per heavy atom. The molecule has 1 heterocycles. The topological polar surface area (TPSA) is 38.8 Å². The summed E-state index contributed by atoms with van der Waals surface area (Å²) in [7, 11) is 0. The molecule has 2 atom stereocenters. The highest BCUT2D eigenvalue weighted by atomic mass is 19.4. The molecule has 0 aliphatic carbocycles. The molecule has 1 aliphatic heterocycles. The molecule has 182 valence electrons. The number of epoxide rings is 1. The summed E-state index contributed by atoms with van der Waals surface area (Å²) in [5.74, 6) is -39.6. The monoisotopic (exact) mass is 496 g/mol. The van der Waals surface area contributed by atoms with E-state index in [2.05, 4.69) is 9.47 Å². The van der Waals surface area contributed by atoms with Crippen molar-refractivity contribution >= 4 is 5.97 Å². The smallest absolute Gasteiger partial charge is 0.459 e. The molecule has 0 spiro atoms. The van der Waals surface area contributed by atoms with E-state index in [1.807, 2.05) is 0 Å². The quantitative estimate of drug-likeness (QED) is 0.281. The third-order valence-corrected chi connectivity index (χ3v) is 4.26. The van der Waals surface area contributed by atoms with E-state index in [4.69, 9.17) is 0 Å². The van der Waals surface area contributed by atoms with Gasteiger partial charge in [-0.05, 0) is 5.56 Å². The first-order valence-electron chi connectivity index (χ1n) is 8.05. The van der Waals surface area contributed by atoms with Gasteiger partial charge in [-0.1, -0.05) is 30.3 Å². The second kappa shape index (κ2) is 7.66. The van der Waals surface area contributed by atoms with Crippen LogP contribution in [0.4, 0.5) is 57.1 Å². The van der Waals surface area contributed by atoms with Crippen LogP contribution >= 0.6 is 0 Å². The molecule has 0 N–H and O–H groups in total. The highest BCUT2D eigenvalue weighted by Gasteiger charge is 2.92. The molecule has 1 aromatic carbocycles. The van der Waals surface area contributed by atoms with Crippen molar-refractivity contribution in [1.29, 1.82) is 0 Å². The zero-order valence-electron chi connectivity index (χ0n) is 14.9. The van der Waals surface area contributed by atoms with E-state index in [9.17, 15) is 61.9 Å². The fourth-order valence-electron chi connectivity index (χ4n) is 2.34. The summed E-state index contributed by atoms with van der Waals surface area (Å²) in [6.07, 6.45) is -13.8. The average Bonchev–Trinajstić information content (AvgIpc) is 3.47. The summed E-state index contributed by atoms with van der Waals surface area (Å²) in [5, 5.41) is 0. The van der Waals surface area contributed by atoms with Gasteiger partial charge in [0.25, 0.3) is 0 Å². The van der Waals surface area contributed by atoms with Gasteiger partial charge in [0.05, 0.1) is 0 Å². The van der Waals surface area contributed by atoms with E-state index in [0.717, 1.165) is 0 Å². The number of rotatable bonds is 8. The Balaban J connectivity index is 2.22. The van der Waals surface area contributed by atoms with Crippen molar-refractivity contribution in [2.75, 3.05) is 0 Å². The molecule has 1 saturated heterocycles. The van der Waals surface area contributed by atoms with Crippen LogP contribution in [0.25, 0.3) is 0 Å². The fourth-order valence-corrected chi connectivity index (χ4v) is 2.34. The van der Waals surface area contributed by atoms with E-state index in [1.165, 1.54) is 30.3 Å². The minimum Gasteiger partial charge on any atom is -0.459 e. The summed E-state index contributed by atoms with van der Waals surface area (Å²) >= 11 is 0. The van der Waals surface area contributed by atoms with Crippen molar-refractivity contribution in [3.05, 3.63) is 35.9 Å². The van der Waals surface area contributed by atoms with Crippen LogP contribution in [0.15, 0.2) is 30.3 Å². The molecule has 3 nitrogen and oxygen atoms in total. The van der Waals surface area contributed by atoms with Gasteiger partial charge in [0.15, 0.2) is 12.2 Å². The van der Waals surface area contributed by atoms with Crippen molar-refractivity contribution in [3.63, 3.8) is 0 Å². The first-order chi connectivity index (χ1) is 14.2. The van der Waals surface area contributed by atoms with Gasteiger partial charge < -0.3 is 9.47 Å². The maximum Gasteiger partial charge on any atom is 0.460 e. The van der Waals surface area contributed by atoms with Crippen LogP contribution in [0.5, 0.6) is 0 Å². The largest absolute Gasteiger partial charge is 0.460 e. The van der Waals surface area contributed by atoms with Crippen molar-refractivity contribution in [2.24, 2.45) is 0 Å². The molecule has 32 heavy (non-hydrogen) atoms. The molecule has 1 aromatic rings. The highest BCUT2D eigenvalue weighted by Crippen LogP contribution is 2.62. The zero-order chi connectivity index (χ0) is 25.0. The summed E-state index contributed by atoms with van der Waals surface area (Å²) in [4.78, 5) is 11.6. The average molecular weight is 496 g/mol. The van der Waals surface area contributed by atoms with Gasteiger partial charge in [0.1, 0.15) is 6.61 Å². The van der Waals surface area contributed by atoms with Crippen LogP contribution in [0.1, 0.15) is 5.56 Å². The molecule has 0 amide bonds. The SMILES string of the molecule is O=C(OCc1ccccc1)C1OC1C(F)(F)C(F)(F)C(F)(F)C(F)(F)C(F)(F)C(F)(F)F. The van der Waals surface area contributed by atoms with Crippen LogP contribution in [-0.4, -0.2) is 54.0 Å². The second-order valence-corrected chi connectivity index (χ2v) is 6.49. The molecule has 1 fully saturated rings. The number of alkyl halides is 13. The van der Waals surface area contributed by atoms with Gasteiger partial charge in [-0.25, -0.2) is 4.79 Å². The van der Waals surface area contributed by atoms with Crippen LogP contribution < -0.4 is 0 Å². The summed E-state index contributed by atoms with van der Waals surface area (Å²) in [6.45, 7) is -0.639. The Morgan fingerprint density at radius 3 is 1.69 bits per heavy atom. The number of benzene rings is 1. The van der Waals surface area contributed by atoms with Crippen LogP contribution in [0, 0.1) is 0 Å². The maximum atomic E-state index is 13.8. The lowest BCUT2D eigenvalue weighted by Crippen LogP contribution is -2.71. The maximum absolute atomic E-state index is 13.8. The Morgan fingerprint density at radius 2 is 1.22 bits per heavy atom. The molecular formula is C16H9F13O3. The van der Waals surface area contributed by atoms with E-state index in [-0.39, 0.29) is 5.56 Å². The summed E-state index contributed by atoms with van der Waals surface area (Å²) < 4.78 is 178. The lowest BCUT2D eigenvalue weighted by Gasteiger charge is -2.39. The predicted molar refractivity (Wildman–Crippen MR) is 75.7 cm³/mol. The predicted octanol–water partition coefficient (Wildman–Crippen LogP) is 5.24. The van der Waals surface area contributed by atoms with E-state index >= 15 is 0 Å². The third-order valence-electron chi connectivity index (χ3n) is 4.26. The highest BCUT2D eigenvalue weighted by molar-refractivity contribution is 5.78. The Hall–Kier alpha value is -2.26. The van der Waals surface area contributed by atoms with Crippen molar-refractivity contribution in [3.8, 4) is 0 Å². The van der Waals surface area contributed by atoms with Gasteiger partial charge in [-0.3, -0.25) is 0 Å². The fraction of sp³-hybridized carbons (Fsp3) is 0.562. The van der Waals surface area contributed by atoms with E-state index in [1.54, 1.807) is 0 Å². The van der Waals surface area contributed by atoms with Gasteiger partial charge >= 0.3 is 41.8 Å². The second-order valence-electron chi connectivity index (χ2n) is 6.49. The number of hydrogen-bond donors (Lipinski definition) is 0. The van der Waals surface area contributed by atoms with Crippen LogP contribution in [-0.2, 0) is 20.9 Å². The lowest BCUT2D eigenvalue weighted by atomic mass is 9.92. The van der Waals surface area contributed by atoms with Gasteiger partial charge in [0.2, 0.25) is 0 Å². The molecule has 0 radical (unpaired) electrons. The van der Waals surface area contributed by atoms with Gasteiger partial charge in [-0.15, -0.1) is 0 Å². The van der Waals surface area contributed by atoms with E-state index < -0.39 is 60.6 Å². The van der Waals surface area contributed by atoms with Crippen molar-refractivity contribution < 1.29 is 71.3 Å². The molecule has 2 unspecified atom stereocenters. The third kappa shape index (κ3) is 3.85. The summed E-state index contributed by atoms with van der Waals surface area (Å²) in [5.41, 5.74) is 0.246. The number of hydrogen-bond acceptors (Lipinski definition) is 3. The number of ether oxygens (including phenoxy) is 2. The normalized spacial score (nSPS) is 20.8. The lowest BCUT2D eigenvalue weighted by molar-refractivity contribution is -0.440. The number of carbonyl (C=O) groups excluding carboxylic acids is 1. The summed E-state index contributed by atoms with van der Waals surface area (Å²) in [6, 6.07) is 7.10. The first kappa shape index (κ1) is 26.0. The van der Waals surface area contributed by atoms with Gasteiger partial charge in [-0.2, -0.15) is 57.1 Å². The number of esters is 1. The van der Waals surface area contributed by atoms with E-state index in [0.29, 0.717) is 0 Å². The minimum absolute atomic E-state index is 0.246. The van der Waals surface area contributed by atoms with Crippen molar-refractivity contribution in [2.45, 2.75) is 54.6 Å². The molecule has 0 saturated carbocycles. The molecule has 0 aromatic heterocycles. The molecular weight excluding hydrogens is 487 g/mol. The molecule has 1 aliphatic rings. The molecule has 0 bridgehead atoms. The Bertz CT molecular complexity index is 835. The zero-order valence-corrected chi connectivity index (χ0v) is 14.9. The van der Waals surface area contributed by atoms with Crippen molar-refractivity contribution in [1.82, 2.24) is 0 Å². The standard InChI is InChI=1S/C16H9F13O3/c17-11(18,9-8(32-9)10(30)31-6-7-4-2-1-3-5-7)12(19,20)13(21,22)14(23,24)15(25,26)16(27,28)29/h1-5,8-9H,6H2.